The highest BCUT2D eigenvalue weighted by molar-refractivity contribution is 7.10. The van der Waals surface area contributed by atoms with Crippen molar-refractivity contribution in [3.05, 3.63) is 28.6 Å². The maximum absolute atomic E-state index is 10.3. The number of aliphatic hydroxyl groups excluding tert-OH is 4. The maximum Gasteiger partial charge on any atom is 0.277 e. The number of hydrogen-bond acceptors (Lipinski definition) is 12. The van der Waals surface area contributed by atoms with Crippen LogP contribution in [-0.2, 0) is 4.74 Å². The number of nitrogens with zero attached hydrogens (tertiary/aromatic N) is 3. The summed E-state index contributed by atoms with van der Waals surface area (Å²) in [5.74, 6) is 1.55. The molecule has 0 aliphatic carbocycles. The molecule has 3 aromatic rings. The molecule has 0 bridgehead atoms. The van der Waals surface area contributed by atoms with E-state index < -0.39 is 37.1 Å². The number of aromatic nitrogens is 3. The van der Waals surface area contributed by atoms with Crippen molar-refractivity contribution >= 4 is 11.3 Å². The molecule has 3 heterocycles. The van der Waals surface area contributed by atoms with Gasteiger partial charge in [-0.15, -0.1) is 11.3 Å². The summed E-state index contributed by atoms with van der Waals surface area (Å²) in [5.41, 5.74) is 1.01. The quantitative estimate of drug-likeness (QED) is 0.410. The van der Waals surface area contributed by atoms with Crippen LogP contribution in [0.3, 0.4) is 0 Å². The molecule has 11 nitrogen and oxygen atoms in total. The molecular weight excluding hydrogens is 430 g/mol. The van der Waals surface area contributed by atoms with Crippen LogP contribution in [0.2, 0.25) is 0 Å². The normalized spacial score (nSPS) is 26.1. The first-order valence-electron chi connectivity index (χ1n) is 9.29. The van der Waals surface area contributed by atoms with Gasteiger partial charge in [-0.05, 0) is 18.2 Å². The van der Waals surface area contributed by atoms with Crippen molar-refractivity contribution in [3.8, 4) is 34.5 Å². The lowest BCUT2D eigenvalue weighted by Gasteiger charge is -2.39. The van der Waals surface area contributed by atoms with Gasteiger partial charge in [-0.1, -0.05) is 5.16 Å². The Hall–Kier alpha value is -2.61. The van der Waals surface area contributed by atoms with Gasteiger partial charge in [-0.3, -0.25) is 0 Å². The Labute approximate surface area is 180 Å². The minimum atomic E-state index is -1.48. The van der Waals surface area contributed by atoms with E-state index in [0.29, 0.717) is 33.6 Å². The van der Waals surface area contributed by atoms with Crippen LogP contribution in [-0.4, -0.2) is 80.8 Å². The molecule has 1 aliphatic heterocycles. The lowest BCUT2D eigenvalue weighted by Crippen LogP contribution is -2.55. The summed E-state index contributed by atoms with van der Waals surface area (Å²) in [5, 5.41) is 45.5. The highest BCUT2D eigenvalue weighted by Crippen LogP contribution is 2.36. The minimum Gasteiger partial charge on any atom is -0.493 e. The summed E-state index contributed by atoms with van der Waals surface area (Å²) in [7, 11) is 3.07. The molecule has 4 N–H and O–H groups in total. The van der Waals surface area contributed by atoms with E-state index in [1.165, 1.54) is 7.11 Å². The summed E-state index contributed by atoms with van der Waals surface area (Å²) in [6.07, 6.45) is -6.38. The monoisotopic (exact) mass is 451 g/mol. The van der Waals surface area contributed by atoms with E-state index in [9.17, 15) is 20.4 Å². The largest absolute Gasteiger partial charge is 0.493 e. The predicted octanol–water partition coefficient (Wildman–Crippen LogP) is 0.392. The Bertz CT molecular complexity index is 1040. The predicted molar refractivity (Wildman–Crippen MR) is 107 cm³/mol. The van der Waals surface area contributed by atoms with E-state index in [1.54, 1.807) is 30.7 Å². The molecule has 4 rings (SSSR count). The van der Waals surface area contributed by atoms with E-state index in [-0.39, 0.29) is 5.89 Å². The van der Waals surface area contributed by atoms with Gasteiger partial charge in [-0.25, -0.2) is 4.98 Å². The molecule has 166 valence electrons. The fourth-order valence-corrected chi connectivity index (χ4v) is 4.11. The van der Waals surface area contributed by atoms with Crippen LogP contribution in [0.25, 0.3) is 23.0 Å². The molecule has 0 saturated carbocycles. The first-order chi connectivity index (χ1) is 15.0. The third-order valence-electron chi connectivity index (χ3n) is 4.94. The number of methoxy groups -OCH3 is 2. The highest BCUT2D eigenvalue weighted by Gasteiger charge is 2.45. The SMILES string of the molecule is COc1ccc(-c2noc(-c3csc([C@@H]4O[C@H](CO)[C@H](O)[C@H](O)[C@H]4O)n3)n2)cc1OC. The van der Waals surface area contributed by atoms with E-state index in [4.69, 9.17) is 18.7 Å². The third-order valence-corrected chi connectivity index (χ3v) is 5.85. The standard InChI is InChI=1S/C19H21N3O8S/c1-27-10-4-3-8(5-11(10)28-2)17-21-18(30-22-17)9-7-31-19(20-9)16-15(26)14(25)13(24)12(6-23)29-16/h3-5,7,12-16,23-26H,6H2,1-2H3/t12-,13+,14+,15-,16-/m1/s1. The van der Waals surface area contributed by atoms with Gasteiger partial charge in [0.1, 0.15) is 41.2 Å². The molecule has 2 aromatic heterocycles. The summed E-state index contributed by atoms with van der Waals surface area (Å²) < 4.78 is 21.4. The van der Waals surface area contributed by atoms with E-state index >= 15 is 0 Å². The molecular formula is C19H21N3O8S. The Morgan fingerprint density at radius 1 is 1.03 bits per heavy atom. The first-order valence-corrected chi connectivity index (χ1v) is 10.2. The van der Waals surface area contributed by atoms with Crippen molar-refractivity contribution < 1.29 is 39.2 Å². The lowest BCUT2D eigenvalue weighted by molar-refractivity contribution is -0.231. The van der Waals surface area contributed by atoms with Crippen LogP contribution in [0, 0.1) is 0 Å². The Kier molecular flexibility index (Phi) is 6.18. The van der Waals surface area contributed by atoms with Gasteiger partial charge >= 0.3 is 0 Å². The summed E-state index contributed by atoms with van der Waals surface area (Å²) in [6.45, 7) is -0.516. The minimum absolute atomic E-state index is 0.150. The number of ether oxygens (including phenoxy) is 3. The molecule has 1 saturated heterocycles. The van der Waals surface area contributed by atoms with E-state index in [0.717, 1.165) is 11.3 Å². The molecule has 1 fully saturated rings. The average molecular weight is 451 g/mol. The molecule has 12 heteroatoms. The molecule has 31 heavy (non-hydrogen) atoms. The van der Waals surface area contributed by atoms with Crippen LogP contribution in [0.4, 0.5) is 0 Å². The van der Waals surface area contributed by atoms with Crippen molar-refractivity contribution in [3.63, 3.8) is 0 Å². The highest BCUT2D eigenvalue weighted by atomic mass is 32.1. The molecule has 0 unspecified atom stereocenters. The smallest absolute Gasteiger partial charge is 0.277 e. The van der Waals surface area contributed by atoms with Crippen molar-refractivity contribution in [2.24, 2.45) is 0 Å². The third kappa shape index (κ3) is 4.01. The van der Waals surface area contributed by atoms with Crippen LogP contribution in [0.5, 0.6) is 11.5 Å². The Morgan fingerprint density at radius 3 is 2.52 bits per heavy atom. The van der Waals surface area contributed by atoms with Gasteiger partial charge < -0.3 is 39.2 Å². The zero-order valence-electron chi connectivity index (χ0n) is 16.6. The van der Waals surface area contributed by atoms with Gasteiger partial charge in [0, 0.05) is 10.9 Å². The average Bonchev–Trinajstić information content (AvgIpc) is 3.47. The number of hydrogen-bond donors (Lipinski definition) is 4. The van der Waals surface area contributed by atoms with Crippen molar-refractivity contribution in [1.29, 1.82) is 0 Å². The number of thiazole rings is 1. The molecule has 0 spiro atoms. The fourth-order valence-electron chi connectivity index (χ4n) is 3.24. The van der Waals surface area contributed by atoms with Gasteiger partial charge in [-0.2, -0.15) is 4.98 Å². The number of rotatable bonds is 6. The van der Waals surface area contributed by atoms with E-state index in [2.05, 4.69) is 15.1 Å². The fraction of sp³-hybridized carbons (Fsp3) is 0.421. The summed E-state index contributed by atoms with van der Waals surface area (Å²) in [6, 6.07) is 5.20. The topological polar surface area (TPSA) is 160 Å². The first kappa shape index (κ1) is 21.6. The molecule has 1 aromatic carbocycles. The zero-order chi connectivity index (χ0) is 22.1. The molecule has 0 amide bonds. The summed E-state index contributed by atoms with van der Waals surface area (Å²) >= 11 is 1.15. The van der Waals surface area contributed by atoms with Crippen molar-refractivity contribution in [1.82, 2.24) is 15.1 Å². The van der Waals surface area contributed by atoms with Gasteiger partial charge in [0.05, 0.1) is 20.8 Å². The molecule has 5 atom stereocenters. The number of aliphatic hydroxyl groups is 4. The summed E-state index contributed by atoms with van der Waals surface area (Å²) in [4.78, 5) is 8.72. The second kappa shape index (κ2) is 8.86. The Morgan fingerprint density at radius 2 is 1.81 bits per heavy atom. The molecule has 1 aliphatic rings. The zero-order valence-corrected chi connectivity index (χ0v) is 17.4. The van der Waals surface area contributed by atoms with E-state index in [1.807, 2.05) is 0 Å². The van der Waals surface area contributed by atoms with Crippen LogP contribution in [0.1, 0.15) is 11.1 Å². The number of benzene rings is 1. The second-order valence-corrected chi connectivity index (χ2v) is 7.70. The van der Waals surface area contributed by atoms with Gasteiger partial charge in [0.25, 0.3) is 5.89 Å². The van der Waals surface area contributed by atoms with Crippen LogP contribution < -0.4 is 9.47 Å². The lowest BCUT2D eigenvalue weighted by atomic mass is 9.95. The van der Waals surface area contributed by atoms with Gasteiger partial charge in [0.15, 0.2) is 11.5 Å². The molecule has 0 radical (unpaired) electrons. The van der Waals surface area contributed by atoms with Crippen LogP contribution >= 0.6 is 11.3 Å². The maximum atomic E-state index is 10.3. The van der Waals surface area contributed by atoms with Crippen molar-refractivity contribution in [2.75, 3.05) is 20.8 Å². The Balaban J connectivity index is 1.57. The van der Waals surface area contributed by atoms with Gasteiger partial charge in [0.2, 0.25) is 5.82 Å². The van der Waals surface area contributed by atoms with Crippen molar-refractivity contribution in [2.45, 2.75) is 30.5 Å². The van der Waals surface area contributed by atoms with Crippen LogP contribution in [0.15, 0.2) is 28.1 Å². The second-order valence-electron chi connectivity index (χ2n) is 6.81.